The first kappa shape index (κ1) is 12.6. The van der Waals surface area contributed by atoms with E-state index in [-0.39, 0.29) is 0 Å². The molecule has 0 aliphatic rings. The molecule has 0 radical (unpaired) electrons. The number of nitrogens with one attached hydrogen (secondary N) is 1. The average Bonchev–Trinajstić information content (AvgIpc) is 2.26. The highest BCUT2D eigenvalue weighted by atomic mass is 16.4. The first-order valence-electron chi connectivity index (χ1n) is 5.69. The zero-order valence-electron chi connectivity index (χ0n) is 9.86. The summed E-state index contributed by atoms with van der Waals surface area (Å²) in [6.07, 6.45) is 2.61. The third-order valence-electron chi connectivity index (χ3n) is 2.54. The molecule has 0 amide bonds. The lowest BCUT2D eigenvalue weighted by Gasteiger charge is -2.15. The molecule has 0 aromatic heterocycles. The van der Waals surface area contributed by atoms with E-state index in [1.165, 1.54) is 5.56 Å². The van der Waals surface area contributed by atoms with Crippen molar-refractivity contribution in [2.75, 3.05) is 5.32 Å². The standard InChI is InChI=1S/C13H19NO2/c1-3-4-5-12(13(15)16)14-11-8-6-10(2)7-9-11/h6-9,12,14H,3-5H2,1-2H3,(H,15,16). The first-order valence-corrected chi connectivity index (χ1v) is 5.69. The summed E-state index contributed by atoms with van der Waals surface area (Å²) in [6, 6.07) is 7.29. The Balaban J connectivity index is 2.60. The van der Waals surface area contributed by atoms with Crippen molar-refractivity contribution in [3.8, 4) is 0 Å². The maximum Gasteiger partial charge on any atom is 0.326 e. The van der Waals surface area contributed by atoms with Crippen molar-refractivity contribution in [3.63, 3.8) is 0 Å². The van der Waals surface area contributed by atoms with Gasteiger partial charge in [-0.15, -0.1) is 0 Å². The second kappa shape index (κ2) is 6.16. The fourth-order valence-electron chi connectivity index (χ4n) is 1.52. The van der Waals surface area contributed by atoms with Crippen molar-refractivity contribution in [1.29, 1.82) is 0 Å². The van der Waals surface area contributed by atoms with Gasteiger partial charge in [0.2, 0.25) is 0 Å². The van der Waals surface area contributed by atoms with Crippen LogP contribution in [0.1, 0.15) is 31.7 Å². The lowest BCUT2D eigenvalue weighted by Crippen LogP contribution is -2.29. The summed E-state index contributed by atoms with van der Waals surface area (Å²) < 4.78 is 0. The molecule has 0 bridgehead atoms. The molecular weight excluding hydrogens is 202 g/mol. The Morgan fingerprint density at radius 1 is 1.38 bits per heavy atom. The van der Waals surface area contributed by atoms with Crippen LogP contribution in [0.25, 0.3) is 0 Å². The van der Waals surface area contributed by atoms with Crippen LogP contribution in [0.15, 0.2) is 24.3 Å². The van der Waals surface area contributed by atoms with Crippen molar-refractivity contribution in [2.45, 2.75) is 39.2 Å². The van der Waals surface area contributed by atoms with Gasteiger partial charge in [0, 0.05) is 5.69 Å². The Morgan fingerprint density at radius 3 is 2.50 bits per heavy atom. The van der Waals surface area contributed by atoms with Gasteiger partial charge in [0.1, 0.15) is 6.04 Å². The Morgan fingerprint density at radius 2 is 2.00 bits per heavy atom. The number of carbonyl (C=O) groups is 1. The molecule has 1 unspecified atom stereocenters. The van der Waals surface area contributed by atoms with E-state index in [1.54, 1.807) is 0 Å². The third kappa shape index (κ3) is 3.93. The molecule has 3 heteroatoms. The van der Waals surface area contributed by atoms with Gasteiger partial charge in [0.05, 0.1) is 0 Å². The monoisotopic (exact) mass is 221 g/mol. The fraction of sp³-hybridized carbons (Fsp3) is 0.462. The van der Waals surface area contributed by atoms with Crippen molar-refractivity contribution in [2.24, 2.45) is 0 Å². The van der Waals surface area contributed by atoms with Crippen LogP contribution in [0.3, 0.4) is 0 Å². The van der Waals surface area contributed by atoms with Crippen LogP contribution >= 0.6 is 0 Å². The number of carboxylic acid groups (broad SMARTS) is 1. The predicted molar refractivity (Wildman–Crippen MR) is 65.8 cm³/mol. The lowest BCUT2D eigenvalue weighted by atomic mass is 10.1. The Labute approximate surface area is 96.5 Å². The van der Waals surface area contributed by atoms with Crippen molar-refractivity contribution in [1.82, 2.24) is 0 Å². The summed E-state index contributed by atoms with van der Waals surface area (Å²) in [4.78, 5) is 11.0. The van der Waals surface area contributed by atoms with E-state index in [4.69, 9.17) is 5.11 Å². The van der Waals surface area contributed by atoms with E-state index in [2.05, 4.69) is 12.2 Å². The largest absolute Gasteiger partial charge is 0.480 e. The quantitative estimate of drug-likeness (QED) is 0.776. The van der Waals surface area contributed by atoms with Gasteiger partial charge in [-0.2, -0.15) is 0 Å². The van der Waals surface area contributed by atoms with Gasteiger partial charge in [-0.25, -0.2) is 4.79 Å². The number of unbranched alkanes of at least 4 members (excludes halogenated alkanes) is 1. The lowest BCUT2D eigenvalue weighted by molar-refractivity contribution is -0.138. The maximum absolute atomic E-state index is 11.0. The smallest absolute Gasteiger partial charge is 0.326 e. The van der Waals surface area contributed by atoms with Crippen LogP contribution in [0.4, 0.5) is 5.69 Å². The predicted octanol–water partition coefficient (Wildman–Crippen LogP) is 3.05. The third-order valence-corrected chi connectivity index (χ3v) is 2.54. The highest BCUT2D eigenvalue weighted by molar-refractivity contribution is 5.77. The molecule has 0 aliphatic carbocycles. The average molecular weight is 221 g/mol. The molecule has 0 heterocycles. The summed E-state index contributed by atoms with van der Waals surface area (Å²) in [6.45, 7) is 4.07. The molecule has 1 atom stereocenters. The summed E-state index contributed by atoms with van der Waals surface area (Å²) in [7, 11) is 0. The molecule has 0 fully saturated rings. The van der Waals surface area contributed by atoms with E-state index in [9.17, 15) is 4.79 Å². The van der Waals surface area contributed by atoms with Crippen LogP contribution in [0.5, 0.6) is 0 Å². The van der Waals surface area contributed by atoms with Crippen LogP contribution < -0.4 is 5.32 Å². The van der Waals surface area contributed by atoms with E-state index >= 15 is 0 Å². The fourth-order valence-corrected chi connectivity index (χ4v) is 1.52. The Hall–Kier alpha value is -1.51. The molecule has 0 saturated carbocycles. The number of hydrogen-bond acceptors (Lipinski definition) is 2. The van der Waals surface area contributed by atoms with Gasteiger partial charge >= 0.3 is 5.97 Å². The number of anilines is 1. The molecular formula is C13H19NO2. The van der Waals surface area contributed by atoms with E-state index in [1.807, 2.05) is 31.2 Å². The summed E-state index contributed by atoms with van der Waals surface area (Å²) in [5, 5.41) is 12.1. The minimum atomic E-state index is -0.783. The number of rotatable bonds is 6. The molecule has 3 nitrogen and oxygen atoms in total. The van der Waals surface area contributed by atoms with Gasteiger partial charge in [-0.05, 0) is 25.5 Å². The minimum absolute atomic E-state index is 0.484. The molecule has 1 aromatic carbocycles. The Bertz CT molecular complexity index is 332. The van der Waals surface area contributed by atoms with Gasteiger partial charge in [-0.3, -0.25) is 0 Å². The number of benzene rings is 1. The molecule has 16 heavy (non-hydrogen) atoms. The number of aliphatic carboxylic acids is 1. The normalized spacial score (nSPS) is 12.1. The molecule has 2 N–H and O–H groups in total. The molecule has 0 spiro atoms. The van der Waals surface area contributed by atoms with Crippen molar-refractivity contribution in [3.05, 3.63) is 29.8 Å². The second-order valence-corrected chi connectivity index (χ2v) is 4.04. The summed E-state index contributed by atoms with van der Waals surface area (Å²) in [5.41, 5.74) is 2.04. The molecule has 88 valence electrons. The topological polar surface area (TPSA) is 49.3 Å². The van der Waals surface area contributed by atoms with Gasteiger partial charge in [0.15, 0.2) is 0 Å². The molecule has 0 saturated heterocycles. The number of aryl methyl sites for hydroxylation is 1. The summed E-state index contributed by atoms with van der Waals surface area (Å²) >= 11 is 0. The summed E-state index contributed by atoms with van der Waals surface area (Å²) in [5.74, 6) is -0.783. The zero-order chi connectivity index (χ0) is 12.0. The van der Waals surface area contributed by atoms with Crippen molar-refractivity contribution >= 4 is 11.7 Å². The van der Waals surface area contributed by atoms with E-state index < -0.39 is 12.0 Å². The van der Waals surface area contributed by atoms with E-state index in [0.29, 0.717) is 6.42 Å². The van der Waals surface area contributed by atoms with Crippen molar-refractivity contribution < 1.29 is 9.90 Å². The molecule has 1 aromatic rings. The van der Waals surface area contributed by atoms with Crippen LogP contribution in [-0.2, 0) is 4.79 Å². The molecule has 1 rings (SSSR count). The van der Waals surface area contributed by atoms with Crippen LogP contribution in [-0.4, -0.2) is 17.1 Å². The minimum Gasteiger partial charge on any atom is -0.480 e. The van der Waals surface area contributed by atoms with Crippen LogP contribution in [0.2, 0.25) is 0 Å². The van der Waals surface area contributed by atoms with Gasteiger partial charge in [-0.1, -0.05) is 37.5 Å². The highest BCUT2D eigenvalue weighted by Gasteiger charge is 2.15. The molecule has 0 aliphatic heterocycles. The Kier molecular flexibility index (Phi) is 4.83. The van der Waals surface area contributed by atoms with Gasteiger partial charge in [0.25, 0.3) is 0 Å². The zero-order valence-corrected chi connectivity index (χ0v) is 9.86. The SMILES string of the molecule is CCCCC(Nc1ccc(C)cc1)C(=O)O. The van der Waals surface area contributed by atoms with Crippen LogP contribution in [0, 0.1) is 6.92 Å². The first-order chi connectivity index (χ1) is 7.63. The second-order valence-electron chi connectivity index (χ2n) is 4.04. The highest BCUT2D eigenvalue weighted by Crippen LogP contribution is 2.13. The maximum atomic E-state index is 11.0. The number of hydrogen-bond donors (Lipinski definition) is 2. The van der Waals surface area contributed by atoms with E-state index in [0.717, 1.165) is 18.5 Å². The number of carboxylic acids is 1. The van der Waals surface area contributed by atoms with Gasteiger partial charge < -0.3 is 10.4 Å².